The van der Waals surface area contributed by atoms with Gasteiger partial charge in [-0.1, -0.05) is 0 Å². The topological polar surface area (TPSA) is 53.6 Å². The van der Waals surface area contributed by atoms with Gasteiger partial charge in [0.05, 0.1) is 18.1 Å². The summed E-state index contributed by atoms with van der Waals surface area (Å²) in [5, 5.41) is 3.43. The lowest BCUT2D eigenvalue weighted by Crippen LogP contribution is -2.24. The van der Waals surface area contributed by atoms with Crippen LogP contribution in [0.4, 0.5) is 4.39 Å². The van der Waals surface area contributed by atoms with E-state index in [0.29, 0.717) is 6.04 Å². The predicted octanol–water partition coefficient (Wildman–Crippen LogP) is 1.91. The molecule has 94 valence electrons. The Hall–Kier alpha value is -1.75. The number of H-pyrrole nitrogens is 1. The summed E-state index contributed by atoms with van der Waals surface area (Å²) in [7, 11) is 0. The highest BCUT2D eigenvalue weighted by atomic mass is 19.1. The highest BCUT2D eigenvalue weighted by Gasteiger charge is 2.16. The molecule has 2 N–H and O–H groups in total. The van der Waals surface area contributed by atoms with Crippen molar-refractivity contribution in [3.63, 3.8) is 0 Å². The third-order valence-electron chi connectivity index (χ3n) is 3.25. The lowest BCUT2D eigenvalue weighted by molar-refractivity contribution is 0.588. The third kappa shape index (κ3) is 2.41. The van der Waals surface area contributed by atoms with Crippen LogP contribution in [-0.4, -0.2) is 27.5 Å². The number of aromatic nitrogens is 3. The van der Waals surface area contributed by atoms with Gasteiger partial charge in [0.25, 0.3) is 0 Å². The maximum Gasteiger partial charge on any atom is 0.142 e. The Labute approximate surface area is 105 Å². The van der Waals surface area contributed by atoms with Gasteiger partial charge >= 0.3 is 0 Å². The molecule has 4 nitrogen and oxygen atoms in total. The Morgan fingerprint density at radius 1 is 1.33 bits per heavy atom. The largest absolute Gasteiger partial charge is 0.342 e. The molecule has 0 bridgehead atoms. The summed E-state index contributed by atoms with van der Waals surface area (Å²) in [6.07, 6.45) is 7.88. The second kappa shape index (κ2) is 4.86. The van der Waals surface area contributed by atoms with E-state index in [2.05, 4.69) is 20.3 Å². The van der Waals surface area contributed by atoms with Gasteiger partial charge in [-0.05, 0) is 25.5 Å². The Morgan fingerprint density at radius 2 is 2.28 bits per heavy atom. The zero-order valence-electron chi connectivity index (χ0n) is 9.99. The highest BCUT2D eigenvalue weighted by molar-refractivity contribution is 5.56. The number of hydrogen-bond donors (Lipinski definition) is 2. The monoisotopic (exact) mass is 246 g/mol. The number of imidazole rings is 1. The summed E-state index contributed by atoms with van der Waals surface area (Å²) in [5.74, 6) is 0.606. The summed E-state index contributed by atoms with van der Waals surface area (Å²) in [5.41, 5.74) is 1.54. The van der Waals surface area contributed by atoms with E-state index in [1.54, 1.807) is 12.4 Å². The number of aromatic amines is 1. The first-order valence-electron chi connectivity index (χ1n) is 6.19. The summed E-state index contributed by atoms with van der Waals surface area (Å²) in [6.45, 7) is 1.09. The summed E-state index contributed by atoms with van der Waals surface area (Å²) in [6, 6.07) is 1.97. The Bertz CT molecular complexity index is 531. The van der Waals surface area contributed by atoms with Crippen molar-refractivity contribution in [3.8, 4) is 11.3 Å². The van der Waals surface area contributed by atoms with Crippen molar-refractivity contribution in [1.29, 1.82) is 0 Å². The first-order chi connectivity index (χ1) is 8.81. The zero-order chi connectivity index (χ0) is 12.4. The molecule has 2 aromatic heterocycles. The van der Waals surface area contributed by atoms with E-state index in [4.69, 9.17) is 0 Å². The molecular weight excluding hydrogens is 231 g/mol. The van der Waals surface area contributed by atoms with Crippen LogP contribution in [0.15, 0.2) is 24.7 Å². The molecule has 3 rings (SSSR count). The standard InChI is InChI=1S/C13H15FN4/c14-10-4-9(6-15-7-10)12-8-17-13(18-12)5-11-2-1-3-16-11/h4,6-8,11,16H,1-3,5H2,(H,17,18). The van der Waals surface area contributed by atoms with Gasteiger partial charge in [0.15, 0.2) is 0 Å². The number of pyridine rings is 1. The van der Waals surface area contributed by atoms with Crippen LogP contribution in [0.1, 0.15) is 18.7 Å². The molecule has 1 unspecified atom stereocenters. The molecule has 1 saturated heterocycles. The quantitative estimate of drug-likeness (QED) is 0.869. The summed E-state index contributed by atoms with van der Waals surface area (Å²) in [4.78, 5) is 11.4. The van der Waals surface area contributed by atoms with E-state index in [9.17, 15) is 4.39 Å². The van der Waals surface area contributed by atoms with Crippen LogP contribution in [0.2, 0.25) is 0 Å². The Morgan fingerprint density at radius 3 is 3.06 bits per heavy atom. The van der Waals surface area contributed by atoms with Crippen LogP contribution in [0.3, 0.4) is 0 Å². The maximum atomic E-state index is 13.1. The second-order valence-corrected chi connectivity index (χ2v) is 4.63. The van der Waals surface area contributed by atoms with Crippen LogP contribution < -0.4 is 5.32 Å². The van der Waals surface area contributed by atoms with Gasteiger partial charge in [0.2, 0.25) is 0 Å². The van der Waals surface area contributed by atoms with Crippen LogP contribution in [0, 0.1) is 5.82 Å². The first kappa shape index (κ1) is 11.3. The number of nitrogens with one attached hydrogen (secondary N) is 2. The summed E-state index contributed by atoms with van der Waals surface area (Å²) < 4.78 is 13.1. The highest BCUT2D eigenvalue weighted by Crippen LogP contribution is 2.18. The Kier molecular flexibility index (Phi) is 3.06. The van der Waals surface area contributed by atoms with Gasteiger partial charge in [-0.2, -0.15) is 0 Å². The number of nitrogens with zero attached hydrogens (tertiary/aromatic N) is 2. The van der Waals surface area contributed by atoms with Gasteiger partial charge in [-0.15, -0.1) is 0 Å². The molecule has 0 amide bonds. The Balaban J connectivity index is 1.76. The van der Waals surface area contributed by atoms with Crippen molar-refractivity contribution in [2.75, 3.05) is 6.54 Å². The lowest BCUT2D eigenvalue weighted by Gasteiger charge is -2.06. The van der Waals surface area contributed by atoms with Gasteiger partial charge in [-0.3, -0.25) is 4.98 Å². The van der Waals surface area contributed by atoms with Crippen LogP contribution >= 0.6 is 0 Å². The van der Waals surface area contributed by atoms with Crippen LogP contribution in [0.25, 0.3) is 11.3 Å². The molecule has 1 aliphatic heterocycles. The van der Waals surface area contributed by atoms with E-state index in [0.717, 1.165) is 30.0 Å². The number of halogens is 1. The lowest BCUT2D eigenvalue weighted by atomic mass is 10.1. The molecule has 3 heterocycles. The molecule has 0 spiro atoms. The molecule has 18 heavy (non-hydrogen) atoms. The zero-order valence-corrected chi connectivity index (χ0v) is 9.99. The van der Waals surface area contributed by atoms with Gasteiger partial charge in [-0.25, -0.2) is 9.37 Å². The van der Waals surface area contributed by atoms with E-state index >= 15 is 0 Å². The molecule has 0 aromatic carbocycles. The van der Waals surface area contributed by atoms with Crippen molar-refractivity contribution < 1.29 is 4.39 Å². The molecule has 0 saturated carbocycles. The first-order valence-corrected chi connectivity index (χ1v) is 6.19. The van der Waals surface area contributed by atoms with E-state index < -0.39 is 0 Å². The molecule has 2 aromatic rings. The molecule has 1 atom stereocenters. The van der Waals surface area contributed by atoms with E-state index in [-0.39, 0.29) is 5.82 Å². The molecule has 1 aliphatic rings. The second-order valence-electron chi connectivity index (χ2n) is 4.63. The fourth-order valence-corrected chi connectivity index (χ4v) is 2.34. The number of rotatable bonds is 3. The molecule has 0 aliphatic carbocycles. The molecular formula is C13H15FN4. The predicted molar refractivity (Wildman–Crippen MR) is 66.5 cm³/mol. The summed E-state index contributed by atoms with van der Waals surface area (Å²) >= 11 is 0. The van der Waals surface area contributed by atoms with Crippen molar-refractivity contribution in [1.82, 2.24) is 20.3 Å². The minimum atomic E-state index is -0.332. The van der Waals surface area contributed by atoms with E-state index in [1.807, 2.05) is 0 Å². The van der Waals surface area contributed by atoms with Gasteiger partial charge in [0, 0.05) is 24.2 Å². The fraction of sp³-hybridized carbons (Fsp3) is 0.385. The van der Waals surface area contributed by atoms with Crippen molar-refractivity contribution in [3.05, 3.63) is 36.3 Å². The minimum absolute atomic E-state index is 0.332. The van der Waals surface area contributed by atoms with Gasteiger partial charge in [0.1, 0.15) is 11.6 Å². The van der Waals surface area contributed by atoms with Crippen molar-refractivity contribution in [2.45, 2.75) is 25.3 Å². The average Bonchev–Trinajstić information content (AvgIpc) is 3.01. The van der Waals surface area contributed by atoms with Crippen LogP contribution in [-0.2, 0) is 6.42 Å². The molecule has 5 heteroatoms. The average molecular weight is 246 g/mol. The normalized spacial score (nSPS) is 19.3. The van der Waals surface area contributed by atoms with Crippen molar-refractivity contribution >= 4 is 0 Å². The van der Waals surface area contributed by atoms with E-state index in [1.165, 1.54) is 25.1 Å². The maximum absolute atomic E-state index is 13.1. The minimum Gasteiger partial charge on any atom is -0.342 e. The third-order valence-corrected chi connectivity index (χ3v) is 3.25. The SMILES string of the molecule is Fc1cncc(-c2cnc(CC3CCCN3)[nH]2)c1. The number of hydrogen-bond acceptors (Lipinski definition) is 3. The molecule has 1 fully saturated rings. The smallest absolute Gasteiger partial charge is 0.142 e. The van der Waals surface area contributed by atoms with Crippen LogP contribution in [0.5, 0.6) is 0 Å². The van der Waals surface area contributed by atoms with Crippen molar-refractivity contribution in [2.24, 2.45) is 0 Å². The molecule has 0 radical (unpaired) electrons. The van der Waals surface area contributed by atoms with Gasteiger partial charge < -0.3 is 10.3 Å². The fourth-order valence-electron chi connectivity index (χ4n) is 2.34.